The molecule has 5 rings (SSSR count). The number of halogens is 1. The van der Waals surface area contributed by atoms with Gasteiger partial charge in [0.15, 0.2) is 5.78 Å². The average Bonchev–Trinajstić information content (AvgIpc) is 3.19. The summed E-state index contributed by atoms with van der Waals surface area (Å²) in [5, 5.41) is 9.51. The van der Waals surface area contributed by atoms with Crippen LogP contribution in [0.3, 0.4) is 0 Å². The van der Waals surface area contributed by atoms with Gasteiger partial charge in [-0.3, -0.25) is 4.79 Å². The average molecular weight is 453 g/mol. The lowest BCUT2D eigenvalue weighted by molar-refractivity contribution is -0.116. The minimum absolute atomic E-state index is 0.170. The van der Waals surface area contributed by atoms with Crippen molar-refractivity contribution in [3.63, 3.8) is 0 Å². The van der Waals surface area contributed by atoms with Crippen LogP contribution in [0.15, 0.2) is 65.0 Å². The Morgan fingerprint density at radius 3 is 2.84 bits per heavy atom. The lowest BCUT2D eigenvalue weighted by atomic mass is 9.85. The molecule has 0 fully saturated rings. The molecule has 2 aromatic carbocycles. The van der Waals surface area contributed by atoms with Crippen molar-refractivity contribution in [2.75, 3.05) is 12.4 Å². The van der Waals surface area contributed by atoms with Crippen molar-refractivity contribution in [3.05, 3.63) is 76.0 Å². The molecule has 8 heteroatoms. The van der Waals surface area contributed by atoms with E-state index in [1.165, 1.54) is 0 Å². The number of rotatable bonds is 5. The van der Waals surface area contributed by atoms with Gasteiger partial charge in [0, 0.05) is 28.5 Å². The standard InChI is InChI=1S/C23H21ClN4O2S/c1-30-17-10-8-15(9-11-17)21-20-18(6-3-7-19(20)29)25-22-26-23(27-28(21)22)31-13-14-4-2-5-16(24)12-14/h2,4-5,8-12,21H,3,6-7,13H2,1H3,(H,25,26,27)/t21-/m0/s1. The molecule has 1 aliphatic carbocycles. The van der Waals surface area contributed by atoms with Gasteiger partial charge in [0.05, 0.1) is 7.11 Å². The summed E-state index contributed by atoms with van der Waals surface area (Å²) in [7, 11) is 1.64. The number of ketones is 1. The number of nitrogens with one attached hydrogen (secondary N) is 1. The van der Waals surface area contributed by atoms with Crippen molar-refractivity contribution < 1.29 is 9.53 Å². The molecule has 158 valence electrons. The van der Waals surface area contributed by atoms with Gasteiger partial charge in [-0.25, -0.2) is 4.68 Å². The molecule has 0 spiro atoms. The van der Waals surface area contributed by atoms with Gasteiger partial charge >= 0.3 is 0 Å². The quantitative estimate of drug-likeness (QED) is 0.533. The minimum Gasteiger partial charge on any atom is -0.497 e. The highest BCUT2D eigenvalue weighted by atomic mass is 35.5. The van der Waals surface area contributed by atoms with E-state index in [9.17, 15) is 4.79 Å². The molecule has 31 heavy (non-hydrogen) atoms. The fourth-order valence-corrected chi connectivity index (χ4v) is 5.05. The highest BCUT2D eigenvalue weighted by Gasteiger charge is 2.36. The summed E-state index contributed by atoms with van der Waals surface area (Å²) < 4.78 is 7.14. The van der Waals surface area contributed by atoms with E-state index in [1.807, 2.05) is 53.2 Å². The van der Waals surface area contributed by atoms with E-state index < -0.39 is 0 Å². The number of aromatic nitrogens is 3. The number of hydrogen-bond acceptors (Lipinski definition) is 6. The number of carbonyl (C=O) groups excluding carboxylic acids is 1. The largest absolute Gasteiger partial charge is 0.497 e. The van der Waals surface area contributed by atoms with Gasteiger partial charge in [-0.15, -0.1) is 5.10 Å². The van der Waals surface area contributed by atoms with E-state index in [1.54, 1.807) is 18.9 Å². The fraction of sp³-hybridized carbons (Fsp3) is 0.261. The van der Waals surface area contributed by atoms with Crippen LogP contribution in [0, 0.1) is 0 Å². The Kier molecular flexibility index (Phi) is 5.46. The minimum atomic E-state index is -0.294. The predicted molar refractivity (Wildman–Crippen MR) is 122 cm³/mol. The SMILES string of the molecule is COc1ccc([C@H]2C3=C(CCCC3=O)Nc3nc(SCc4cccc(Cl)c4)nn32)cc1. The summed E-state index contributed by atoms with van der Waals surface area (Å²) >= 11 is 7.65. The first-order chi connectivity index (χ1) is 15.1. The Hall–Kier alpha value is -2.77. The molecule has 0 saturated heterocycles. The molecular formula is C23H21ClN4O2S. The molecule has 0 bridgehead atoms. The van der Waals surface area contributed by atoms with Crippen molar-refractivity contribution in [3.8, 4) is 5.75 Å². The molecule has 1 N–H and O–H groups in total. The zero-order valence-electron chi connectivity index (χ0n) is 17.0. The van der Waals surface area contributed by atoms with Crippen LogP contribution in [0.2, 0.25) is 5.02 Å². The van der Waals surface area contributed by atoms with Crippen molar-refractivity contribution in [2.45, 2.75) is 36.2 Å². The first kappa shape index (κ1) is 20.2. The van der Waals surface area contributed by atoms with Gasteiger partial charge in [0.1, 0.15) is 11.8 Å². The van der Waals surface area contributed by atoms with Crippen LogP contribution < -0.4 is 10.1 Å². The van der Waals surface area contributed by atoms with Crippen LogP contribution in [0.5, 0.6) is 5.75 Å². The van der Waals surface area contributed by atoms with Crippen molar-refractivity contribution in [1.82, 2.24) is 14.8 Å². The van der Waals surface area contributed by atoms with E-state index in [0.29, 0.717) is 28.3 Å². The Balaban J connectivity index is 1.50. The number of fused-ring (bicyclic) bond motifs is 1. The van der Waals surface area contributed by atoms with Crippen LogP contribution >= 0.6 is 23.4 Å². The highest BCUT2D eigenvalue weighted by Crippen LogP contribution is 2.41. The number of benzene rings is 2. The van der Waals surface area contributed by atoms with Gasteiger partial charge < -0.3 is 10.1 Å². The summed E-state index contributed by atoms with van der Waals surface area (Å²) in [5.41, 5.74) is 3.85. The second-order valence-corrected chi connectivity index (χ2v) is 8.93. The molecule has 1 aromatic heterocycles. The monoisotopic (exact) mass is 452 g/mol. The van der Waals surface area contributed by atoms with E-state index in [0.717, 1.165) is 41.0 Å². The van der Waals surface area contributed by atoms with Crippen LogP contribution in [0.25, 0.3) is 0 Å². The third kappa shape index (κ3) is 3.95. The molecule has 0 unspecified atom stereocenters. The number of methoxy groups -OCH3 is 1. The smallest absolute Gasteiger partial charge is 0.227 e. The van der Waals surface area contributed by atoms with E-state index in [4.69, 9.17) is 26.4 Å². The van der Waals surface area contributed by atoms with Gasteiger partial charge in [0.2, 0.25) is 11.1 Å². The van der Waals surface area contributed by atoms with Crippen LogP contribution in [0.4, 0.5) is 5.95 Å². The van der Waals surface area contributed by atoms with Crippen molar-refractivity contribution in [2.24, 2.45) is 0 Å². The lowest BCUT2D eigenvalue weighted by Gasteiger charge is -2.32. The summed E-state index contributed by atoms with van der Waals surface area (Å²) in [6.45, 7) is 0. The Bertz CT molecular complexity index is 1170. The molecule has 0 radical (unpaired) electrons. The van der Waals surface area contributed by atoms with E-state index in [2.05, 4.69) is 5.32 Å². The molecule has 6 nitrogen and oxygen atoms in total. The Morgan fingerprint density at radius 2 is 2.06 bits per heavy atom. The molecular weight excluding hydrogens is 432 g/mol. The van der Waals surface area contributed by atoms with Crippen LogP contribution in [-0.2, 0) is 10.5 Å². The molecule has 2 aliphatic rings. The number of Topliss-reactive ketones (excluding diaryl/α,β-unsaturated/α-hetero) is 1. The van der Waals surface area contributed by atoms with Crippen molar-refractivity contribution >= 4 is 35.1 Å². The topological polar surface area (TPSA) is 69.0 Å². The molecule has 2 heterocycles. The van der Waals surface area contributed by atoms with E-state index >= 15 is 0 Å². The first-order valence-corrected chi connectivity index (χ1v) is 11.5. The summed E-state index contributed by atoms with van der Waals surface area (Å²) in [6, 6.07) is 15.3. The number of nitrogens with zero attached hydrogens (tertiary/aromatic N) is 3. The number of allylic oxidation sites excluding steroid dienone is 2. The molecule has 1 atom stereocenters. The second-order valence-electron chi connectivity index (χ2n) is 7.55. The highest BCUT2D eigenvalue weighted by molar-refractivity contribution is 7.98. The predicted octanol–water partition coefficient (Wildman–Crippen LogP) is 5.25. The lowest BCUT2D eigenvalue weighted by Crippen LogP contribution is -2.31. The van der Waals surface area contributed by atoms with Crippen LogP contribution in [0.1, 0.15) is 36.4 Å². The number of anilines is 1. The number of hydrogen-bond donors (Lipinski definition) is 1. The van der Waals surface area contributed by atoms with Gasteiger partial charge in [-0.1, -0.05) is 47.6 Å². The third-order valence-corrected chi connectivity index (χ3v) is 6.68. The van der Waals surface area contributed by atoms with Gasteiger partial charge in [-0.2, -0.15) is 4.98 Å². The maximum atomic E-state index is 12.9. The number of carbonyl (C=O) groups is 1. The molecule has 0 amide bonds. The zero-order valence-corrected chi connectivity index (χ0v) is 18.5. The summed E-state index contributed by atoms with van der Waals surface area (Å²) in [4.78, 5) is 17.6. The summed E-state index contributed by atoms with van der Waals surface area (Å²) in [6.07, 6.45) is 2.25. The first-order valence-electron chi connectivity index (χ1n) is 10.1. The summed E-state index contributed by atoms with van der Waals surface area (Å²) in [5.74, 6) is 2.33. The van der Waals surface area contributed by atoms with E-state index in [-0.39, 0.29) is 11.8 Å². The third-order valence-electron chi connectivity index (χ3n) is 5.54. The number of ether oxygens (including phenoxy) is 1. The van der Waals surface area contributed by atoms with Crippen molar-refractivity contribution in [1.29, 1.82) is 0 Å². The zero-order chi connectivity index (χ0) is 21.4. The molecule has 1 aliphatic heterocycles. The Labute approximate surface area is 189 Å². The normalized spacial score (nSPS) is 17.7. The molecule has 0 saturated carbocycles. The molecule has 3 aromatic rings. The maximum absolute atomic E-state index is 12.9. The fourth-order valence-electron chi connectivity index (χ4n) is 4.07. The van der Waals surface area contributed by atoms with Gasteiger partial charge in [0.25, 0.3) is 0 Å². The maximum Gasteiger partial charge on any atom is 0.227 e. The van der Waals surface area contributed by atoms with Crippen LogP contribution in [-0.4, -0.2) is 27.7 Å². The number of thioether (sulfide) groups is 1. The Morgan fingerprint density at radius 1 is 1.23 bits per heavy atom. The second kappa shape index (κ2) is 8.40. The van der Waals surface area contributed by atoms with Gasteiger partial charge in [-0.05, 0) is 48.2 Å².